The number of anilines is 1. The molecule has 0 unspecified atom stereocenters. The van der Waals surface area contributed by atoms with Gasteiger partial charge in [-0.25, -0.2) is 4.39 Å². The second kappa shape index (κ2) is 4.64. The van der Waals surface area contributed by atoms with Crippen LogP contribution in [0.1, 0.15) is 27.7 Å². The molecule has 0 aromatic heterocycles. The molecular formula is C13H19FN2. The Labute approximate surface area is 96.6 Å². The third-order valence-corrected chi connectivity index (χ3v) is 2.43. The van der Waals surface area contributed by atoms with E-state index in [9.17, 15) is 4.39 Å². The van der Waals surface area contributed by atoms with E-state index in [4.69, 9.17) is 5.41 Å². The standard InChI is InChI=1S/C13H19FN2/c1-5-16(12(15)13(2,3)4)11-8-6-10(14)7-9-11/h6-9,15H,5H2,1-4H3. The highest BCUT2D eigenvalue weighted by molar-refractivity contribution is 5.98. The molecule has 0 spiro atoms. The van der Waals surface area contributed by atoms with Gasteiger partial charge in [-0.3, -0.25) is 5.41 Å². The summed E-state index contributed by atoms with van der Waals surface area (Å²) in [6.07, 6.45) is 0. The molecule has 88 valence electrons. The van der Waals surface area contributed by atoms with Gasteiger partial charge in [0.25, 0.3) is 0 Å². The van der Waals surface area contributed by atoms with E-state index in [1.165, 1.54) is 12.1 Å². The molecule has 0 saturated carbocycles. The number of hydrogen-bond acceptors (Lipinski definition) is 1. The topological polar surface area (TPSA) is 27.1 Å². The van der Waals surface area contributed by atoms with Crippen LogP contribution < -0.4 is 4.90 Å². The summed E-state index contributed by atoms with van der Waals surface area (Å²) in [6.45, 7) is 8.70. The van der Waals surface area contributed by atoms with Crippen LogP contribution >= 0.6 is 0 Å². The maximum Gasteiger partial charge on any atom is 0.123 e. The molecule has 1 N–H and O–H groups in total. The predicted molar refractivity (Wildman–Crippen MR) is 66.6 cm³/mol. The second-order valence-corrected chi connectivity index (χ2v) is 4.82. The maximum atomic E-state index is 12.8. The summed E-state index contributed by atoms with van der Waals surface area (Å²) in [5, 5.41) is 8.12. The summed E-state index contributed by atoms with van der Waals surface area (Å²) in [6, 6.07) is 6.26. The van der Waals surface area contributed by atoms with E-state index in [-0.39, 0.29) is 11.2 Å². The number of nitrogens with zero attached hydrogens (tertiary/aromatic N) is 1. The number of rotatable bonds is 2. The highest BCUT2D eigenvalue weighted by Crippen LogP contribution is 2.23. The van der Waals surface area contributed by atoms with Gasteiger partial charge in [0.1, 0.15) is 11.7 Å². The summed E-state index contributed by atoms with van der Waals surface area (Å²) >= 11 is 0. The van der Waals surface area contributed by atoms with Crippen LogP contribution in [0.5, 0.6) is 0 Å². The van der Waals surface area contributed by atoms with Crippen LogP contribution in [0, 0.1) is 16.6 Å². The number of benzene rings is 1. The molecule has 0 radical (unpaired) electrons. The molecule has 0 aliphatic rings. The van der Waals surface area contributed by atoms with Crippen molar-refractivity contribution in [2.24, 2.45) is 5.41 Å². The Morgan fingerprint density at radius 3 is 2.12 bits per heavy atom. The van der Waals surface area contributed by atoms with Gasteiger partial charge in [0.2, 0.25) is 0 Å². The lowest BCUT2D eigenvalue weighted by Gasteiger charge is -2.31. The Morgan fingerprint density at radius 2 is 1.75 bits per heavy atom. The Balaban J connectivity index is 2.99. The van der Waals surface area contributed by atoms with Crippen molar-refractivity contribution in [1.82, 2.24) is 0 Å². The second-order valence-electron chi connectivity index (χ2n) is 4.82. The van der Waals surface area contributed by atoms with E-state index in [1.807, 2.05) is 32.6 Å². The minimum absolute atomic E-state index is 0.204. The van der Waals surface area contributed by atoms with E-state index in [0.717, 1.165) is 5.69 Å². The molecule has 0 aliphatic carbocycles. The summed E-state index contributed by atoms with van der Waals surface area (Å²) in [4.78, 5) is 1.89. The van der Waals surface area contributed by atoms with Gasteiger partial charge in [-0.2, -0.15) is 0 Å². The van der Waals surface area contributed by atoms with Crippen molar-refractivity contribution in [2.45, 2.75) is 27.7 Å². The Bertz CT molecular complexity index is 363. The first-order valence-corrected chi connectivity index (χ1v) is 5.48. The lowest BCUT2D eigenvalue weighted by molar-refractivity contribution is 0.573. The number of nitrogens with one attached hydrogen (secondary N) is 1. The fourth-order valence-corrected chi connectivity index (χ4v) is 1.50. The summed E-state index contributed by atoms with van der Waals surface area (Å²) in [5.41, 5.74) is 0.661. The SMILES string of the molecule is CCN(C(=N)C(C)(C)C)c1ccc(F)cc1. The Morgan fingerprint density at radius 1 is 1.25 bits per heavy atom. The first-order chi connectivity index (χ1) is 7.36. The molecule has 0 atom stereocenters. The molecule has 1 rings (SSSR count). The van der Waals surface area contributed by atoms with Gasteiger partial charge in [0.15, 0.2) is 0 Å². The average Bonchev–Trinajstić information content (AvgIpc) is 2.20. The lowest BCUT2D eigenvalue weighted by Crippen LogP contribution is -2.38. The van der Waals surface area contributed by atoms with E-state index >= 15 is 0 Å². The van der Waals surface area contributed by atoms with Crippen LogP contribution in [-0.2, 0) is 0 Å². The van der Waals surface area contributed by atoms with Gasteiger partial charge in [0, 0.05) is 17.6 Å². The molecule has 1 aromatic rings. The zero-order valence-electron chi connectivity index (χ0n) is 10.3. The van der Waals surface area contributed by atoms with Crippen LogP contribution in [0.15, 0.2) is 24.3 Å². The summed E-state index contributed by atoms with van der Waals surface area (Å²) < 4.78 is 12.8. The minimum atomic E-state index is -0.248. The van der Waals surface area contributed by atoms with Gasteiger partial charge < -0.3 is 4.90 Å². The molecule has 0 heterocycles. The van der Waals surface area contributed by atoms with Crippen molar-refractivity contribution in [2.75, 3.05) is 11.4 Å². The van der Waals surface area contributed by atoms with Crippen molar-refractivity contribution in [3.05, 3.63) is 30.1 Å². The number of hydrogen-bond donors (Lipinski definition) is 1. The normalized spacial score (nSPS) is 11.3. The van der Waals surface area contributed by atoms with Crippen molar-refractivity contribution < 1.29 is 4.39 Å². The lowest BCUT2D eigenvalue weighted by atomic mass is 9.93. The van der Waals surface area contributed by atoms with Crippen molar-refractivity contribution in [3.8, 4) is 0 Å². The first kappa shape index (κ1) is 12.7. The predicted octanol–water partition coefficient (Wildman–Crippen LogP) is 3.68. The van der Waals surface area contributed by atoms with E-state index < -0.39 is 0 Å². The van der Waals surface area contributed by atoms with Gasteiger partial charge >= 0.3 is 0 Å². The number of halogens is 1. The van der Waals surface area contributed by atoms with Gasteiger partial charge in [-0.15, -0.1) is 0 Å². The van der Waals surface area contributed by atoms with E-state index in [1.54, 1.807) is 12.1 Å². The fraction of sp³-hybridized carbons (Fsp3) is 0.462. The fourth-order valence-electron chi connectivity index (χ4n) is 1.50. The Hall–Kier alpha value is -1.38. The summed E-state index contributed by atoms with van der Waals surface area (Å²) in [7, 11) is 0. The molecule has 3 heteroatoms. The van der Waals surface area contributed by atoms with Crippen LogP contribution in [0.3, 0.4) is 0 Å². The van der Waals surface area contributed by atoms with Crippen molar-refractivity contribution in [3.63, 3.8) is 0 Å². The third-order valence-electron chi connectivity index (χ3n) is 2.43. The number of amidine groups is 1. The van der Waals surface area contributed by atoms with Crippen molar-refractivity contribution in [1.29, 1.82) is 5.41 Å². The summed E-state index contributed by atoms with van der Waals surface area (Å²) in [5.74, 6) is 0.295. The third kappa shape index (κ3) is 2.81. The van der Waals surface area contributed by atoms with Gasteiger partial charge in [-0.05, 0) is 31.2 Å². The van der Waals surface area contributed by atoms with Crippen LogP contribution in [0.4, 0.5) is 10.1 Å². The van der Waals surface area contributed by atoms with Crippen molar-refractivity contribution >= 4 is 11.5 Å². The smallest absolute Gasteiger partial charge is 0.123 e. The maximum absolute atomic E-state index is 12.8. The zero-order chi connectivity index (χ0) is 12.3. The Kier molecular flexibility index (Phi) is 3.68. The molecule has 1 aromatic carbocycles. The quantitative estimate of drug-likeness (QED) is 0.600. The van der Waals surface area contributed by atoms with Gasteiger partial charge in [0.05, 0.1) is 0 Å². The van der Waals surface area contributed by atoms with Crippen LogP contribution in [0.25, 0.3) is 0 Å². The molecule has 16 heavy (non-hydrogen) atoms. The van der Waals surface area contributed by atoms with E-state index in [2.05, 4.69) is 0 Å². The minimum Gasteiger partial charge on any atom is -0.330 e. The molecule has 0 bridgehead atoms. The average molecular weight is 222 g/mol. The molecule has 0 amide bonds. The molecule has 2 nitrogen and oxygen atoms in total. The first-order valence-electron chi connectivity index (χ1n) is 5.48. The monoisotopic (exact) mass is 222 g/mol. The zero-order valence-corrected chi connectivity index (χ0v) is 10.3. The van der Waals surface area contributed by atoms with E-state index in [0.29, 0.717) is 12.4 Å². The highest BCUT2D eigenvalue weighted by atomic mass is 19.1. The van der Waals surface area contributed by atoms with Crippen LogP contribution in [0.2, 0.25) is 0 Å². The molecule has 0 saturated heterocycles. The van der Waals surface area contributed by atoms with Crippen LogP contribution in [-0.4, -0.2) is 12.4 Å². The molecule has 0 fully saturated rings. The largest absolute Gasteiger partial charge is 0.330 e. The highest BCUT2D eigenvalue weighted by Gasteiger charge is 2.23. The van der Waals surface area contributed by atoms with Gasteiger partial charge in [-0.1, -0.05) is 20.8 Å². The molecular weight excluding hydrogens is 203 g/mol. The molecule has 0 aliphatic heterocycles.